The zero-order valence-corrected chi connectivity index (χ0v) is 12.4. The summed E-state index contributed by atoms with van der Waals surface area (Å²) in [5.41, 5.74) is 3.81. The predicted octanol–water partition coefficient (Wildman–Crippen LogP) is 2.72. The van der Waals surface area contributed by atoms with Gasteiger partial charge in [-0.25, -0.2) is 9.97 Å². The molecule has 0 radical (unpaired) electrons. The van der Waals surface area contributed by atoms with Crippen LogP contribution in [0.25, 0.3) is 0 Å². The number of nitrogens with zero attached hydrogens (tertiary/aromatic N) is 3. The molecule has 0 fully saturated rings. The summed E-state index contributed by atoms with van der Waals surface area (Å²) in [6, 6.07) is 3.78. The highest BCUT2D eigenvalue weighted by Gasteiger charge is 2.14. The number of aryl methyl sites for hydroxylation is 2. The van der Waals surface area contributed by atoms with Crippen molar-refractivity contribution < 1.29 is 4.79 Å². The van der Waals surface area contributed by atoms with Crippen molar-refractivity contribution in [2.75, 3.05) is 5.75 Å². The SMILES string of the molecule is Cc1ccnc(SCC(=O)c2cc(C)n(C)c2C)n1. The van der Waals surface area contributed by atoms with Crippen molar-refractivity contribution in [1.82, 2.24) is 14.5 Å². The molecule has 0 amide bonds. The summed E-state index contributed by atoms with van der Waals surface area (Å²) in [6.07, 6.45) is 1.72. The predicted molar refractivity (Wildman–Crippen MR) is 76.7 cm³/mol. The van der Waals surface area contributed by atoms with E-state index in [1.165, 1.54) is 11.8 Å². The summed E-state index contributed by atoms with van der Waals surface area (Å²) in [5, 5.41) is 0.652. The lowest BCUT2D eigenvalue weighted by molar-refractivity contribution is 0.102. The maximum atomic E-state index is 12.2. The number of rotatable bonds is 4. The molecule has 0 spiro atoms. The fourth-order valence-electron chi connectivity index (χ4n) is 1.84. The van der Waals surface area contributed by atoms with E-state index in [2.05, 4.69) is 9.97 Å². The number of aromatic nitrogens is 3. The van der Waals surface area contributed by atoms with Crippen molar-refractivity contribution in [3.63, 3.8) is 0 Å². The van der Waals surface area contributed by atoms with Crippen LogP contribution < -0.4 is 0 Å². The van der Waals surface area contributed by atoms with Gasteiger partial charge in [0.25, 0.3) is 0 Å². The lowest BCUT2D eigenvalue weighted by atomic mass is 10.2. The van der Waals surface area contributed by atoms with E-state index >= 15 is 0 Å². The van der Waals surface area contributed by atoms with E-state index in [0.717, 1.165) is 22.6 Å². The Morgan fingerprint density at radius 2 is 2.11 bits per heavy atom. The molecule has 100 valence electrons. The van der Waals surface area contributed by atoms with Gasteiger partial charge in [0.05, 0.1) is 5.75 Å². The van der Waals surface area contributed by atoms with Crippen LogP contribution in [0.15, 0.2) is 23.5 Å². The van der Waals surface area contributed by atoms with Crippen molar-refractivity contribution in [3.05, 3.63) is 41.0 Å². The van der Waals surface area contributed by atoms with E-state index < -0.39 is 0 Å². The number of Topliss-reactive ketones (excluding diaryl/α,β-unsaturated/α-hetero) is 1. The smallest absolute Gasteiger partial charge is 0.188 e. The van der Waals surface area contributed by atoms with Gasteiger partial charge in [-0.2, -0.15) is 0 Å². The first kappa shape index (κ1) is 13.8. The molecule has 0 aliphatic rings. The molecule has 0 aliphatic carbocycles. The molecule has 0 bridgehead atoms. The molecule has 5 heteroatoms. The molecule has 0 aromatic carbocycles. The molecule has 2 heterocycles. The van der Waals surface area contributed by atoms with Crippen LogP contribution in [0.1, 0.15) is 27.4 Å². The molecule has 0 unspecified atom stereocenters. The number of thioether (sulfide) groups is 1. The fraction of sp³-hybridized carbons (Fsp3) is 0.357. The van der Waals surface area contributed by atoms with Crippen LogP contribution >= 0.6 is 11.8 Å². The fourth-order valence-corrected chi connectivity index (χ4v) is 2.60. The monoisotopic (exact) mass is 275 g/mol. The minimum Gasteiger partial charge on any atom is -0.351 e. The van der Waals surface area contributed by atoms with E-state index in [0.29, 0.717) is 10.9 Å². The van der Waals surface area contributed by atoms with Crippen LogP contribution in [0.4, 0.5) is 0 Å². The molecule has 0 aliphatic heterocycles. The molecule has 2 aromatic rings. The van der Waals surface area contributed by atoms with Crippen molar-refractivity contribution in [2.24, 2.45) is 7.05 Å². The van der Waals surface area contributed by atoms with Gasteiger partial charge in [-0.05, 0) is 32.9 Å². The van der Waals surface area contributed by atoms with Gasteiger partial charge in [0.2, 0.25) is 0 Å². The zero-order valence-electron chi connectivity index (χ0n) is 11.6. The Morgan fingerprint density at radius 3 is 2.68 bits per heavy atom. The van der Waals surface area contributed by atoms with Crippen LogP contribution in [0, 0.1) is 20.8 Å². The van der Waals surface area contributed by atoms with E-state index in [9.17, 15) is 4.79 Å². The Labute approximate surface area is 117 Å². The number of ketones is 1. The third kappa shape index (κ3) is 3.04. The number of hydrogen-bond acceptors (Lipinski definition) is 4. The molecule has 19 heavy (non-hydrogen) atoms. The van der Waals surface area contributed by atoms with E-state index in [-0.39, 0.29) is 5.78 Å². The van der Waals surface area contributed by atoms with Crippen molar-refractivity contribution in [2.45, 2.75) is 25.9 Å². The van der Waals surface area contributed by atoms with Crippen LogP contribution in [-0.2, 0) is 7.05 Å². The number of hydrogen-bond donors (Lipinski definition) is 0. The lowest BCUT2D eigenvalue weighted by Gasteiger charge is -2.02. The Hall–Kier alpha value is -1.62. The average Bonchev–Trinajstić information content (AvgIpc) is 2.64. The first-order chi connectivity index (χ1) is 8.99. The highest BCUT2D eigenvalue weighted by molar-refractivity contribution is 7.99. The Balaban J connectivity index is 2.07. The highest BCUT2D eigenvalue weighted by atomic mass is 32.2. The second-order valence-corrected chi connectivity index (χ2v) is 5.48. The minimum atomic E-state index is 0.122. The Morgan fingerprint density at radius 1 is 1.37 bits per heavy atom. The second kappa shape index (κ2) is 5.57. The number of carbonyl (C=O) groups excluding carboxylic acids is 1. The summed E-state index contributed by atoms with van der Waals surface area (Å²) in [4.78, 5) is 20.6. The summed E-state index contributed by atoms with van der Waals surface area (Å²) < 4.78 is 2.03. The molecule has 2 rings (SSSR count). The van der Waals surface area contributed by atoms with Gasteiger partial charge in [0, 0.05) is 35.9 Å². The topological polar surface area (TPSA) is 47.8 Å². The molecule has 0 N–H and O–H groups in total. The van der Waals surface area contributed by atoms with E-state index in [4.69, 9.17) is 0 Å². The van der Waals surface area contributed by atoms with Crippen LogP contribution in [0.3, 0.4) is 0 Å². The molecule has 0 saturated heterocycles. The van der Waals surface area contributed by atoms with Crippen molar-refractivity contribution in [3.8, 4) is 0 Å². The first-order valence-corrected chi connectivity index (χ1v) is 7.06. The molecule has 0 saturated carbocycles. The van der Waals surface area contributed by atoms with Gasteiger partial charge >= 0.3 is 0 Å². The van der Waals surface area contributed by atoms with Gasteiger partial charge in [0.15, 0.2) is 10.9 Å². The Bertz CT molecular complexity index is 619. The van der Waals surface area contributed by atoms with E-state index in [1.807, 2.05) is 44.5 Å². The summed E-state index contributed by atoms with van der Waals surface area (Å²) in [6.45, 7) is 5.88. The third-order valence-corrected chi connectivity index (χ3v) is 4.04. The van der Waals surface area contributed by atoms with Gasteiger partial charge in [0.1, 0.15) is 0 Å². The Kier molecular flexibility index (Phi) is 4.04. The third-order valence-electron chi connectivity index (χ3n) is 3.18. The lowest BCUT2D eigenvalue weighted by Crippen LogP contribution is -2.05. The molecule has 0 atom stereocenters. The summed E-state index contributed by atoms with van der Waals surface area (Å²) in [5.74, 6) is 0.490. The van der Waals surface area contributed by atoms with Crippen molar-refractivity contribution in [1.29, 1.82) is 0 Å². The number of carbonyl (C=O) groups is 1. The van der Waals surface area contributed by atoms with Gasteiger partial charge < -0.3 is 4.57 Å². The van der Waals surface area contributed by atoms with E-state index in [1.54, 1.807) is 6.20 Å². The summed E-state index contributed by atoms with van der Waals surface area (Å²) in [7, 11) is 1.97. The zero-order chi connectivity index (χ0) is 14.0. The summed E-state index contributed by atoms with van der Waals surface area (Å²) >= 11 is 1.38. The highest BCUT2D eigenvalue weighted by Crippen LogP contribution is 2.19. The maximum Gasteiger partial charge on any atom is 0.188 e. The quantitative estimate of drug-likeness (QED) is 0.489. The van der Waals surface area contributed by atoms with Gasteiger partial charge in [-0.1, -0.05) is 11.8 Å². The molecular formula is C14H17N3OS. The van der Waals surface area contributed by atoms with Crippen LogP contribution in [0.5, 0.6) is 0 Å². The standard InChI is InChI=1S/C14H17N3OS/c1-9-5-6-15-14(16-9)19-8-13(18)12-7-10(2)17(4)11(12)3/h5-7H,8H2,1-4H3. The molecule has 4 nitrogen and oxygen atoms in total. The first-order valence-electron chi connectivity index (χ1n) is 6.07. The van der Waals surface area contributed by atoms with Crippen LogP contribution in [-0.4, -0.2) is 26.1 Å². The largest absolute Gasteiger partial charge is 0.351 e. The molecule has 2 aromatic heterocycles. The average molecular weight is 275 g/mol. The minimum absolute atomic E-state index is 0.122. The second-order valence-electron chi connectivity index (χ2n) is 4.54. The maximum absolute atomic E-state index is 12.2. The van der Waals surface area contributed by atoms with Gasteiger partial charge in [-0.3, -0.25) is 4.79 Å². The molecular weight excluding hydrogens is 258 g/mol. The van der Waals surface area contributed by atoms with Crippen LogP contribution in [0.2, 0.25) is 0 Å². The van der Waals surface area contributed by atoms with Gasteiger partial charge in [-0.15, -0.1) is 0 Å². The van der Waals surface area contributed by atoms with Crippen molar-refractivity contribution >= 4 is 17.5 Å². The normalized spacial score (nSPS) is 10.7.